The second-order valence-corrected chi connectivity index (χ2v) is 7.01. The van der Waals surface area contributed by atoms with Gasteiger partial charge < -0.3 is 14.7 Å². The van der Waals surface area contributed by atoms with Crippen LogP contribution in [0.4, 0.5) is 4.79 Å². The maximum Gasteiger partial charge on any atom is 0.410 e. The lowest BCUT2D eigenvalue weighted by molar-refractivity contribution is -0.147. The molecule has 1 amide bonds. The van der Waals surface area contributed by atoms with E-state index < -0.39 is 17.1 Å². The standard InChI is InChI=1S/C15H28N2O4/c1-7-17(11(2)3)15(8-12(18)19)9-16(10-15)13(20)21-14(4,5)6/h11H,7-10H2,1-6H3,(H,18,19). The molecule has 6 nitrogen and oxygen atoms in total. The highest BCUT2D eigenvalue weighted by Crippen LogP contribution is 2.34. The lowest BCUT2D eigenvalue weighted by Crippen LogP contribution is -2.73. The zero-order valence-corrected chi connectivity index (χ0v) is 14.0. The van der Waals surface area contributed by atoms with Crippen LogP contribution in [0.25, 0.3) is 0 Å². The fourth-order valence-electron chi connectivity index (χ4n) is 3.04. The van der Waals surface area contributed by atoms with Gasteiger partial charge in [0.15, 0.2) is 0 Å². The van der Waals surface area contributed by atoms with E-state index in [9.17, 15) is 14.7 Å². The van der Waals surface area contributed by atoms with E-state index in [1.807, 2.05) is 41.5 Å². The van der Waals surface area contributed by atoms with Gasteiger partial charge in [-0.15, -0.1) is 0 Å². The molecule has 0 aliphatic carbocycles. The van der Waals surface area contributed by atoms with Gasteiger partial charge in [-0.1, -0.05) is 6.92 Å². The molecule has 1 fully saturated rings. The van der Waals surface area contributed by atoms with Crippen LogP contribution in [-0.4, -0.2) is 63.8 Å². The second-order valence-electron chi connectivity index (χ2n) is 7.01. The summed E-state index contributed by atoms with van der Waals surface area (Å²) >= 11 is 0. The number of hydrogen-bond acceptors (Lipinski definition) is 4. The molecule has 1 N–H and O–H groups in total. The Morgan fingerprint density at radius 3 is 2.19 bits per heavy atom. The number of likely N-dealkylation sites (tertiary alicyclic amines) is 1. The van der Waals surface area contributed by atoms with E-state index >= 15 is 0 Å². The van der Waals surface area contributed by atoms with Crippen molar-refractivity contribution in [2.75, 3.05) is 19.6 Å². The first-order valence-corrected chi connectivity index (χ1v) is 7.47. The molecule has 0 bridgehead atoms. The van der Waals surface area contributed by atoms with Gasteiger partial charge in [-0.05, 0) is 41.2 Å². The Morgan fingerprint density at radius 2 is 1.86 bits per heavy atom. The van der Waals surface area contributed by atoms with E-state index in [-0.39, 0.29) is 18.6 Å². The average Bonchev–Trinajstić information content (AvgIpc) is 2.21. The Kier molecular flexibility index (Phi) is 5.25. The number of rotatable bonds is 5. The van der Waals surface area contributed by atoms with Crippen molar-refractivity contribution in [1.82, 2.24) is 9.80 Å². The van der Waals surface area contributed by atoms with Crippen LogP contribution in [0.15, 0.2) is 0 Å². The lowest BCUT2D eigenvalue weighted by atomic mass is 9.83. The van der Waals surface area contributed by atoms with Gasteiger partial charge in [0.1, 0.15) is 5.60 Å². The van der Waals surface area contributed by atoms with E-state index in [1.54, 1.807) is 4.90 Å². The fraction of sp³-hybridized carbons (Fsp3) is 0.867. The zero-order valence-electron chi connectivity index (χ0n) is 14.0. The van der Waals surface area contributed by atoms with Crippen molar-refractivity contribution in [3.8, 4) is 0 Å². The molecule has 122 valence electrons. The molecular formula is C15H28N2O4. The van der Waals surface area contributed by atoms with Gasteiger partial charge in [0.05, 0.1) is 12.0 Å². The normalized spacial score (nSPS) is 17.8. The summed E-state index contributed by atoms with van der Waals surface area (Å²) < 4.78 is 5.33. The van der Waals surface area contributed by atoms with E-state index in [1.165, 1.54) is 0 Å². The van der Waals surface area contributed by atoms with Crippen LogP contribution < -0.4 is 0 Å². The largest absolute Gasteiger partial charge is 0.481 e. The molecular weight excluding hydrogens is 272 g/mol. The molecule has 0 saturated carbocycles. The Bertz CT molecular complexity index is 395. The third-order valence-electron chi connectivity index (χ3n) is 3.68. The minimum Gasteiger partial charge on any atom is -0.481 e. The van der Waals surface area contributed by atoms with Gasteiger partial charge in [-0.2, -0.15) is 0 Å². The average molecular weight is 300 g/mol. The van der Waals surface area contributed by atoms with Gasteiger partial charge in [0, 0.05) is 19.1 Å². The summed E-state index contributed by atoms with van der Waals surface area (Å²) in [5, 5.41) is 9.19. The van der Waals surface area contributed by atoms with Gasteiger partial charge >= 0.3 is 12.1 Å². The number of carboxylic acids is 1. The third kappa shape index (κ3) is 4.33. The van der Waals surface area contributed by atoms with Crippen LogP contribution in [0, 0.1) is 0 Å². The molecule has 6 heteroatoms. The third-order valence-corrected chi connectivity index (χ3v) is 3.68. The van der Waals surface area contributed by atoms with Crippen LogP contribution in [0.1, 0.15) is 48.0 Å². The monoisotopic (exact) mass is 300 g/mol. The number of carbonyl (C=O) groups is 2. The summed E-state index contributed by atoms with van der Waals surface area (Å²) in [6.07, 6.45) is -0.332. The van der Waals surface area contributed by atoms with Gasteiger partial charge in [-0.3, -0.25) is 9.69 Å². The van der Waals surface area contributed by atoms with Crippen molar-refractivity contribution in [2.45, 2.75) is 65.1 Å². The molecule has 0 radical (unpaired) electrons. The first-order chi connectivity index (χ1) is 9.50. The highest BCUT2D eigenvalue weighted by atomic mass is 16.6. The van der Waals surface area contributed by atoms with Crippen molar-refractivity contribution >= 4 is 12.1 Å². The summed E-state index contributed by atoms with van der Waals surface area (Å²) in [5.74, 6) is -0.835. The summed E-state index contributed by atoms with van der Waals surface area (Å²) in [4.78, 5) is 27.0. The van der Waals surface area contributed by atoms with Gasteiger partial charge in [0.2, 0.25) is 0 Å². The highest BCUT2D eigenvalue weighted by Gasteiger charge is 2.51. The SMILES string of the molecule is CCN(C(C)C)C1(CC(=O)O)CN(C(=O)OC(C)(C)C)C1. The quantitative estimate of drug-likeness (QED) is 0.842. The molecule has 0 aromatic carbocycles. The first kappa shape index (κ1) is 17.8. The van der Waals surface area contributed by atoms with E-state index in [0.717, 1.165) is 6.54 Å². The molecule has 1 aliphatic rings. The molecule has 1 rings (SSSR count). The number of ether oxygens (including phenoxy) is 1. The Balaban J connectivity index is 2.79. The highest BCUT2D eigenvalue weighted by molar-refractivity contribution is 5.73. The summed E-state index contributed by atoms with van der Waals surface area (Å²) in [6.45, 7) is 13.1. The van der Waals surface area contributed by atoms with Crippen molar-refractivity contribution in [3.05, 3.63) is 0 Å². The maximum atomic E-state index is 12.0. The minimum atomic E-state index is -0.835. The molecule has 21 heavy (non-hydrogen) atoms. The van der Waals surface area contributed by atoms with Crippen LogP contribution in [-0.2, 0) is 9.53 Å². The molecule has 0 unspecified atom stereocenters. The topological polar surface area (TPSA) is 70.1 Å². The van der Waals surface area contributed by atoms with Crippen molar-refractivity contribution in [1.29, 1.82) is 0 Å². The van der Waals surface area contributed by atoms with E-state index in [0.29, 0.717) is 13.1 Å². The van der Waals surface area contributed by atoms with Crippen molar-refractivity contribution < 1.29 is 19.4 Å². The van der Waals surface area contributed by atoms with Crippen molar-refractivity contribution in [2.24, 2.45) is 0 Å². The fourth-order valence-corrected chi connectivity index (χ4v) is 3.04. The molecule has 0 atom stereocenters. The number of carboxylic acid groups (broad SMARTS) is 1. The Morgan fingerprint density at radius 1 is 1.33 bits per heavy atom. The molecule has 0 aromatic rings. The molecule has 1 aliphatic heterocycles. The Labute approximate surface area is 127 Å². The second kappa shape index (κ2) is 6.22. The predicted molar refractivity (Wildman–Crippen MR) is 80.3 cm³/mol. The molecule has 1 heterocycles. The summed E-state index contributed by atoms with van der Waals surface area (Å²) in [5.41, 5.74) is -1.02. The zero-order chi connectivity index (χ0) is 16.4. The number of likely N-dealkylation sites (N-methyl/N-ethyl adjacent to an activating group) is 1. The number of nitrogens with zero attached hydrogens (tertiary/aromatic N) is 2. The smallest absolute Gasteiger partial charge is 0.410 e. The Hall–Kier alpha value is -1.30. The number of aliphatic carboxylic acids is 1. The van der Waals surface area contributed by atoms with Crippen molar-refractivity contribution in [3.63, 3.8) is 0 Å². The van der Waals surface area contributed by atoms with Gasteiger partial charge in [0.25, 0.3) is 0 Å². The van der Waals surface area contributed by atoms with E-state index in [2.05, 4.69) is 4.90 Å². The molecule has 0 spiro atoms. The van der Waals surface area contributed by atoms with Crippen LogP contribution in [0.2, 0.25) is 0 Å². The predicted octanol–water partition coefficient (Wildman–Crippen LogP) is 2.18. The lowest BCUT2D eigenvalue weighted by Gasteiger charge is -2.56. The molecule has 1 saturated heterocycles. The molecule has 0 aromatic heterocycles. The van der Waals surface area contributed by atoms with E-state index in [4.69, 9.17) is 4.74 Å². The van der Waals surface area contributed by atoms with Crippen LogP contribution in [0.3, 0.4) is 0 Å². The number of hydrogen-bond donors (Lipinski definition) is 1. The first-order valence-electron chi connectivity index (χ1n) is 7.47. The van der Waals surface area contributed by atoms with Crippen LogP contribution >= 0.6 is 0 Å². The van der Waals surface area contributed by atoms with Gasteiger partial charge in [-0.25, -0.2) is 4.79 Å². The maximum absolute atomic E-state index is 12.0. The summed E-state index contributed by atoms with van der Waals surface area (Å²) in [7, 11) is 0. The minimum absolute atomic E-state index is 0.0400. The number of carbonyl (C=O) groups excluding carboxylic acids is 1. The van der Waals surface area contributed by atoms with Crippen LogP contribution in [0.5, 0.6) is 0 Å². The number of amides is 1. The summed E-state index contributed by atoms with van der Waals surface area (Å²) in [6, 6.07) is 0.232.